The van der Waals surface area contributed by atoms with Crippen molar-refractivity contribution in [2.75, 3.05) is 13.6 Å². The highest BCUT2D eigenvalue weighted by Crippen LogP contribution is 2.35. The third-order valence-electron chi connectivity index (χ3n) is 2.63. The summed E-state index contributed by atoms with van der Waals surface area (Å²) >= 11 is 12.0. The Bertz CT molecular complexity index is 453. The van der Waals surface area contributed by atoms with Crippen molar-refractivity contribution in [3.8, 4) is 0 Å². The quantitative estimate of drug-likeness (QED) is 0.723. The maximum Gasteiger partial charge on any atom is 0.237 e. The number of Topliss-reactive ketones (excluding diaryl/α,β-unsaturated/α-hetero) is 1. The molecule has 3 nitrogen and oxygen atoms in total. The zero-order chi connectivity index (χ0) is 11.9. The lowest BCUT2D eigenvalue weighted by Gasteiger charge is -2.12. The molecule has 2 rings (SSSR count). The van der Waals surface area contributed by atoms with Crippen LogP contribution in [0.2, 0.25) is 10.0 Å². The molecular formula is C11H9Cl2NO2. The normalized spacial score (nSPS) is 20.7. The van der Waals surface area contributed by atoms with Crippen LogP contribution in [0.25, 0.3) is 0 Å². The van der Waals surface area contributed by atoms with Gasteiger partial charge in [-0.05, 0) is 12.1 Å². The standard InChI is InChI=1S/C11H9Cl2NO2/c1-14-5-8(15)10(11(14)16)9-6(12)3-2-4-7(9)13/h2-4,10H,5H2,1H3. The van der Waals surface area contributed by atoms with Gasteiger partial charge in [0, 0.05) is 22.7 Å². The number of likely N-dealkylation sites (N-methyl/N-ethyl adjacent to an activating group) is 1. The minimum atomic E-state index is -0.841. The van der Waals surface area contributed by atoms with Gasteiger partial charge in [-0.3, -0.25) is 9.59 Å². The van der Waals surface area contributed by atoms with Crippen LogP contribution in [-0.4, -0.2) is 30.2 Å². The second-order valence-electron chi connectivity index (χ2n) is 3.73. The summed E-state index contributed by atoms with van der Waals surface area (Å²) in [6.07, 6.45) is 0. The van der Waals surface area contributed by atoms with E-state index in [2.05, 4.69) is 0 Å². The monoisotopic (exact) mass is 257 g/mol. The lowest BCUT2D eigenvalue weighted by atomic mass is 9.96. The van der Waals surface area contributed by atoms with Crippen molar-refractivity contribution in [2.45, 2.75) is 5.92 Å². The van der Waals surface area contributed by atoms with Crippen LogP contribution in [0.3, 0.4) is 0 Å². The van der Waals surface area contributed by atoms with Crippen molar-refractivity contribution >= 4 is 34.9 Å². The second kappa shape index (κ2) is 4.07. The van der Waals surface area contributed by atoms with Gasteiger partial charge >= 0.3 is 0 Å². The van der Waals surface area contributed by atoms with Crippen molar-refractivity contribution in [1.29, 1.82) is 0 Å². The van der Waals surface area contributed by atoms with E-state index in [1.807, 2.05) is 0 Å². The van der Waals surface area contributed by atoms with Crippen LogP contribution in [0.5, 0.6) is 0 Å². The minimum absolute atomic E-state index is 0.116. The Morgan fingerprint density at radius 2 is 1.81 bits per heavy atom. The van der Waals surface area contributed by atoms with E-state index in [-0.39, 0.29) is 18.2 Å². The molecule has 1 aliphatic rings. The van der Waals surface area contributed by atoms with Crippen LogP contribution in [0, 0.1) is 0 Å². The molecule has 1 heterocycles. The number of hydrogen-bond acceptors (Lipinski definition) is 2. The van der Waals surface area contributed by atoms with Crippen LogP contribution >= 0.6 is 23.2 Å². The van der Waals surface area contributed by atoms with Gasteiger partial charge in [-0.1, -0.05) is 29.3 Å². The summed E-state index contributed by atoms with van der Waals surface area (Å²) in [5.41, 5.74) is 0.421. The highest BCUT2D eigenvalue weighted by atomic mass is 35.5. The topological polar surface area (TPSA) is 37.4 Å². The molecule has 1 amide bonds. The van der Waals surface area contributed by atoms with Crippen molar-refractivity contribution in [1.82, 2.24) is 4.90 Å². The number of halogens is 2. The van der Waals surface area contributed by atoms with Gasteiger partial charge < -0.3 is 4.90 Å². The molecular weight excluding hydrogens is 249 g/mol. The Labute approximate surface area is 103 Å². The lowest BCUT2D eigenvalue weighted by molar-refractivity contribution is -0.128. The molecule has 5 heteroatoms. The molecule has 0 spiro atoms. The number of rotatable bonds is 1. The maximum absolute atomic E-state index is 11.8. The molecule has 84 valence electrons. The van der Waals surface area contributed by atoms with E-state index >= 15 is 0 Å². The largest absolute Gasteiger partial charge is 0.337 e. The fourth-order valence-electron chi connectivity index (χ4n) is 1.83. The fourth-order valence-corrected chi connectivity index (χ4v) is 2.45. The van der Waals surface area contributed by atoms with Crippen molar-refractivity contribution in [3.05, 3.63) is 33.8 Å². The number of amides is 1. The minimum Gasteiger partial charge on any atom is -0.337 e. The molecule has 0 aliphatic carbocycles. The van der Waals surface area contributed by atoms with Crippen molar-refractivity contribution < 1.29 is 9.59 Å². The van der Waals surface area contributed by atoms with Gasteiger partial charge in [-0.2, -0.15) is 0 Å². The first-order valence-electron chi connectivity index (χ1n) is 4.74. The van der Waals surface area contributed by atoms with Crippen molar-refractivity contribution in [2.24, 2.45) is 0 Å². The smallest absolute Gasteiger partial charge is 0.237 e. The lowest BCUT2D eigenvalue weighted by Crippen LogP contribution is -2.22. The number of likely N-dealkylation sites (tertiary alicyclic amines) is 1. The van der Waals surface area contributed by atoms with Gasteiger partial charge in [0.05, 0.1) is 6.54 Å². The number of carbonyl (C=O) groups is 2. The number of carbonyl (C=O) groups excluding carboxylic acids is 2. The van der Waals surface area contributed by atoms with Crippen LogP contribution in [0.15, 0.2) is 18.2 Å². The number of nitrogens with zero attached hydrogens (tertiary/aromatic N) is 1. The maximum atomic E-state index is 11.8. The van der Waals surface area contributed by atoms with E-state index < -0.39 is 5.92 Å². The summed E-state index contributed by atoms with van der Waals surface area (Å²) in [5.74, 6) is -1.26. The molecule has 0 aromatic heterocycles. The molecule has 1 aromatic carbocycles. The van der Waals surface area contributed by atoms with Crippen LogP contribution in [-0.2, 0) is 9.59 Å². The van der Waals surface area contributed by atoms with E-state index in [1.165, 1.54) is 4.90 Å². The predicted octanol–water partition coefficient (Wildman–Crippen LogP) is 2.12. The number of benzene rings is 1. The van der Waals surface area contributed by atoms with Gasteiger partial charge in [0.2, 0.25) is 5.91 Å². The third-order valence-corrected chi connectivity index (χ3v) is 3.29. The highest BCUT2D eigenvalue weighted by molar-refractivity contribution is 6.37. The summed E-state index contributed by atoms with van der Waals surface area (Å²) in [6, 6.07) is 4.94. The zero-order valence-corrected chi connectivity index (χ0v) is 10.0. The summed E-state index contributed by atoms with van der Waals surface area (Å²) < 4.78 is 0. The molecule has 16 heavy (non-hydrogen) atoms. The first-order valence-corrected chi connectivity index (χ1v) is 5.49. The molecule has 1 saturated heterocycles. The molecule has 0 saturated carbocycles. The Morgan fingerprint density at radius 3 is 2.25 bits per heavy atom. The van der Waals surface area contributed by atoms with E-state index in [0.717, 1.165) is 0 Å². The Hall–Kier alpha value is -1.06. The fraction of sp³-hybridized carbons (Fsp3) is 0.273. The summed E-state index contributed by atoms with van der Waals surface area (Å²) in [6.45, 7) is 0.116. The molecule has 1 fully saturated rings. The van der Waals surface area contributed by atoms with Gasteiger partial charge in [-0.25, -0.2) is 0 Å². The van der Waals surface area contributed by atoms with Crippen LogP contribution in [0.1, 0.15) is 11.5 Å². The predicted molar refractivity (Wildman–Crippen MR) is 61.8 cm³/mol. The van der Waals surface area contributed by atoms with E-state index in [1.54, 1.807) is 25.2 Å². The summed E-state index contributed by atoms with van der Waals surface area (Å²) in [4.78, 5) is 24.9. The molecule has 1 unspecified atom stereocenters. The molecule has 0 bridgehead atoms. The molecule has 0 N–H and O–H groups in total. The van der Waals surface area contributed by atoms with Crippen LogP contribution in [0.4, 0.5) is 0 Å². The SMILES string of the molecule is CN1CC(=O)C(c2c(Cl)cccc2Cl)C1=O. The Balaban J connectivity index is 2.53. The first kappa shape index (κ1) is 11.4. The average molecular weight is 258 g/mol. The van der Waals surface area contributed by atoms with E-state index in [9.17, 15) is 9.59 Å². The van der Waals surface area contributed by atoms with Crippen LogP contribution < -0.4 is 0 Å². The van der Waals surface area contributed by atoms with E-state index in [0.29, 0.717) is 15.6 Å². The summed E-state index contributed by atoms with van der Waals surface area (Å²) in [7, 11) is 1.59. The first-order chi connectivity index (χ1) is 7.52. The zero-order valence-electron chi connectivity index (χ0n) is 8.54. The van der Waals surface area contributed by atoms with Gasteiger partial charge in [0.1, 0.15) is 5.92 Å². The second-order valence-corrected chi connectivity index (χ2v) is 4.54. The van der Waals surface area contributed by atoms with Gasteiger partial charge in [-0.15, -0.1) is 0 Å². The van der Waals surface area contributed by atoms with Gasteiger partial charge in [0.15, 0.2) is 5.78 Å². The number of ketones is 1. The highest BCUT2D eigenvalue weighted by Gasteiger charge is 2.40. The molecule has 1 aromatic rings. The molecule has 1 aliphatic heterocycles. The molecule has 1 atom stereocenters. The summed E-state index contributed by atoms with van der Waals surface area (Å²) in [5, 5.41) is 0.712. The van der Waals surface area contributed by atoms with E-state index in [4.69, 9.17) is 23.2 Å². The Kier molecular flexibility index (Phi) is 2.91. The third kappa shape index (κ3) is 1.70. The van der Waals surface area contributed by atoms with Crippen molar-refractivity contribution in [3.63, 3.8) is 0 Å². The Morgan fingerprint density at radius 1 is 1.25 bits per heavy atom. The van der Waals surface area contributed by atoms with Gasteiger partial charge in [0.25, 0.3) is 0 Å². The average Bonchev–Trinajstić information content (AvgIpc) is 2.44. The molecule has 0 radical (unpaired) electrons. The number of hydrogen-bond donors (Lipinski definition) is 0.